The van der Waals surface area contributed by atoms with Gasteiger partial charge in [-0.15, -0.1) is 0 Å². The monoisotopic (exact) mass is 229 g/mol. The number of H-pyrrole nitrogens is 1. The third-order valence-corrected chi connectivity index (χ3v) is 3.10. The van der Waals surface area contributed by atoms with Gasteiger partial charge in [0.25, 0.3) is 0 Å². The molecule has 0 bridgehead atoms. The van der Waals surface area contributed by atoms with Crippen molar-refractivity contribution in [2.24, 2.45) is 10.2 Å². The number of aromatic nitrogens is 3. The van der Waals surface area contributed by atoms with Crippen LogP contribution in [0.1, 0.15) is 43.6 Å². The molecule has 1 unspecified atom stereocenters. The molecule has 2 aromatic rings. The Kier molecular flexibility index (Phi) is 2.39. The second-order valence-corrected chi connectivity index (χ2v) is 4.69. The lowest BCUT2D eigenvalue weighted by atomic mass is 10.0. The van der Waals surface area contributed by atoms with E-state index in [-0.39, 0.29) is 6.04 Å². The molecule has 1 aliphatic rings. The average molecular weight is 229 g/mol. The van der Waals surface area contributed by atoms with Gasteiger partial charge in [-0.2, -0.15) is 10.2 Å². The third-order valence-electron chi connectivity index (χ3n) is 3.10. The van der Waals surface area contributed by atoms with Crippen molar-refractivity contribution in [1.29, 1.82) is 0 Å². The number of nitrogens with one attached hydrogen (secondary N) is 1. The molecule has 0 spiro atoms. The first-order chi connectivity index (χ1) is 8.25. The summed E-state index contributed by atoms with van der Waals surface area (Å²) in [5.41, 5.74) is 3.19. The first-order valence-corrected chi connectivity index (χ1v) is 5.96. The maximum Gasteiger partial charge on any atom is 0.134 e. The number of aromatic amines is 1. The fourth-order valence-corrected chi connectivity index (χ4v) is 2.14. The molecule has 0 amide bonds. The Hall–Kier alpha value is -1.78. The van der Waals surface area contributed by atoms with E-state index in [1.54, 1.807) is 0 Å². The molecule has 0 saturated carbocycles. The molecule has 17 heavy (non-hydrogen) atoms. The van der Waals surface area contributed by atoms with E-state index in [1.807, 2.05) is 12.4 Å². The van der Waals surface area contributed by atoms with Gasteiger partial charge in [0.1, 0.15) is 11.9 Å². The van der Waals surface area contributed by atoms with E-state index in [1.165, 1.54) is 5.56 Å². The molecule has 0 radical (unpaired) electrons. The fourth-order valence-electron chi connectivity index (χ4n) is 2.14. The summed E-state index contributed by atoms with van der Waals surface area (Å²) in [6.07, 6.45) is 4.67. The number of nitrogens with zero attached hydrogens (tertiary/aromatic N) is 4. The topological polar surface area (TPSA) is 66.3 Å². The van der Waals surface area contributed by atoms with Crippen molar-refractivity contribution in [3.63, 3.8) is 0 Å². The van der Waals surface area contributed by atoms with E-state index in [0.29, 0.717) is 5.92 Å². The van der Waals surface area contributed by atoms with Gasteiger partial charge in [-0.3, -0.25) is 4.98 Å². The van der Waals surface area contributed by atoms with Crippen LogP contribution in [0.15, 0.2) is 22.6 Å². The molecule has 3 rings (SSSR count). The summed E-state index contributed by atoms with van der Waals surface area (Å²) in [5.74, 6) is 1.34. The first-order valence-electron chi connectivity index (χ1n) is 5.96. The highest BCUT2D eigenvalue weighted by atomic mass is 15.2. The smallest absolute Gasteiger partial charge is 0.134 e. The van der Waals surface area contributed by atoms with Crippen LogP contribution in [0.25, 0.3) is 11.0 Å². The molecule has 0 aromatic carbocycles. The SMILES string of the molecule is CC(C)c1cncc2[nH]c(C3CCN=N3)nc12. The Balaban J connectivity index is 2.11. The summed E-state index contributed by atoms with van der Waals surface area (Å²) < 4.78 is 0. The lowest BCUT2D eigenvalue weighted by molar-refractivity contribution is 0.697. The zero-order valence-corrected chi connectivity index (χ0v) is 10.0. The van der Waals surface area contributed by atoms with E-state index in [2.05, 4.69) is 39.0 Å². The maximum atomic E-state index is 4.67. The molecule has 5 nitrogen and oxygen atoms in total. The predicted octanol–water partition coefficient (Wildman–Crippen LogP) is 2.98. The molecule has 88 valence electrons. The molecule has 0 fully saturated rings. The van der Waals surface area contributed by atoms with Gasteiger partial charge in [-0.05, 0) is 5.92 Å². The van der Waals surface area contributed by atoms with Gasteiger partial charge in [-0.25, -0.2) is 4.98 Å². The number of azo groups is 1. The van der Waals surface area contributed by atoms with Crippen molar-refractivity contribution in [2.45, 2.75) is 32.2 Å². The second kappa shape index (κ2) is 3.91. The minimum atomic E-state index is 0.0995. The Morgan fingerprint density at radius 3 is 2.94 bits per heavy atom. The number of pyridine rings is 1. The molecule has 3 heterocycles. The van der Waals surface area contributed by atoms with Crippen molar-refractivity contribution in [1.82, 2.24) is 15.0 Å². The lowest BCUT2D eigenvalue weighted by Gasteiger charge is -2.03. The van der Waals surface area contributed by atoms with E-state index in [0.717, 1.165) is 29.8 Å². The van der Waals surface area contributed by atoms with Crippen LogP contribution in [0.5, 0.6) is 0 Å². The molecule has 1 atom stereocenters. The number of hydrogen-bond acceptors (Lipinski definition) is 4. The van der Waals surface area contributed by atoms with Crippen molar-refractivity contribution < 1.29 is 0 Å². The van der Waals surface area contributed by atoms with Crippen molar-refractivity contribution in [2.75, 3.05) is 6.54 Å². The van der Waals surface area contributed by atoms with Crippen LogP contribution in [0, 0.1) is 0 Å². The van der Waals surface area contributed by atoms with Gasteiger partial charge in [0.05, 0.1) is 23.8 Å². The summed E-state index contributed by atoms with van der Waals surface area (Å²) in [7, 11) is 0. The highest BCUT2D eigenvalue weighted by molar-refractivity contribution is 5.78. The quantitative estimate of drug-likeness (QED) is 0.860. The zero-order valence-electron chi connectivity index (χ0n) is 10.0. The highest BCUT2D eigenvalue weighted by Crippen LogP contribution is 2.28. The van der Waals surface area contributed by atoms with Crippen LogP contribution in [-0.2, 0) is 0 Å². The largest absolute Gasteiger partial charge is 0.339 e. The van der Waals surface area contributed by atoms with Gasteiger partial charge >= 0.3 is 0 Å². The summed E-state index contributed by atoms with van der Waals surface area (Å²) in [6.45, 7) is 5.11. The van der Waals surface area contributed by atoms with Gasteiger partial charge in [0, 0.05) is 18.2 Å². The minimum Gasteiger partial charge on any atom is -0.339 e. The first kappa shape index (κ1) is 10.4. The molecule has 0 aliphatic carbocycles. The Bertz CT molecular complexity index is 569. The summed E-state index contributed by atoms with van der Waals surface area (Å²) in [4.78, 5) is 12.2. The average Bonchev–Trinajstić information content (AvgIpc) is 2.96. The number of imidazole rings is 1. The minimum absolute atomic E-state index is 0.0995. The van der Waals surface area contributed by atoms with Gasteiger partial charge in [-0.1, -0.05) is 13.8 Å². The zero-order chi connectivity index (χ0) is 11.8. The summed E-state index contributed by atoms with van der Waals surface area (Å²) in [5, 5.41) is 8.20. The number of hydrogen-bond donors (Lipinski definition) is 1. The van der Waals surface area contributed by atoms with Crippen molar-refractivity contribution in [3.8, 4) is 0 Å². The summed E-state index contributed by atoms with van der Waals surface area (Å²) in [6, 6.07) is 0.0995. The van der Waals surface area contributed by atoms with Crippen molar-refractivity contribution in [3.05, 3.63) is 23.8 Å². The Labute approximate surface area is 99.4 Å². The molecule has 1 N–H and O–H groups in total. The standard InChI is InChI=1S/C12H15N5/c1-7(2)8-5-13-6-10-11(8)16-12(15-10)9-3-4-14-17-9/h5-7,9H,3-4H2,1-2H3,(H,15,16). The van der Waals surface area contributed by atoms with Gasteiger partial charge in [0.2, 0.25) is 0 Å². The van der Waals surface area contributed by atoms with Crippen LogP contribution < -0.4 is 0 Å². The van der Waals surface area contributed by atoms with E-state index in [4.69, 9.17) is 0 Å². The second-order valence-electron chi connectivity index (χ2n) is 4.69. The Morgan fingerprint density at radius 2 is 2.24 bits per heavy atom. The van der Waals surface area contributed by atoms with Crippen molar-refractivity contribution >= 4 is 11.0 Å². The molecular formula is C12H15N5. The number of fused-ring (bicyclic) bond motifs is 1. The summed E-state index contributed by atoms with van der Waals surface area (Å²) >= 11 is 0. The van der Waals surface area contributed by atoms with Crippen LogP contribution in [0.3, 0.4) is 0 Å². The molecule has 1 aliphatic heterocycles. The van der Waals surface area contributed by atoms with E-state index >= 15 is 0 Å². The van der Waals surface area contributed by atoms with Crippen LogP contribution >= 0.6 is 0 Å². The van der Waals surface area contributed by atoms with Gasteiger partial charge < -0.3 is 4.98 Å². The normalized spacial score (nSPS) is 19.6. The molecular weight excluding hydrogens is 214 g/mol. The highest BCUT2D eigenvalue weighted by Gasteiger charge is 2.19. The van der Waals surface area contributed by atoms with E-state index < -0.39 is 0 Å². The number of rotatable bonds is 2. The van der Waals surface area contributed by atoms with E-state index in [9.17, 15) is 0 Å². The van der Waals surface area contributed by atoms with Crippen LogP contribution in [0.4, 0.5) is 0 Å². The van der Waals surface area contributed by atoms with Crippen LogP contribution in [0.2, 0.25) is 0 Å². The van der Waals surface area contributed by atoms with Gasteiger partial charge in [0.15, 0.2) is 0 Å². The molecule has 0 saturated heterocycles. The van der Waals surface area contributed by atoms with Crippen LogP contribution in [-0.4, -0.2) is 21.5 Å². The Morgan fingerprint density at radius 1 is 1.35 bits per heavy atom. The predicted molar refractivity (Wildman–Crippen MR) is 65.1 cm³/mol. The molecule has 5 heteroatoms. The maximum absolute atomic E-state index is 4.67. The third kappa shape index (κ3) is 1.71. The fraction of sp³-hybridized carbons (Fsp3) is 0.500. The molecule has 2 aromatic heterocycles. The lowest BCUT2D eigenvalue weighted by Crippen LogP contribution is -1.94.